The Labute approximate surface area is 537 Å². The number of likely N-dealkylation sites (tertiary alicyclic amines) is 2. The van der Waals surface area contributed by atoms with Crippen LogP contribution in [0.3, 0.4) is 0 Å². The zero-order valence-corrected chi connectivity index (χ0v) is 53.3. The number of pyridine rings is 1. The summed E-state index contributed by atoms with van der Waals surface area (Å²) in [4.78, 5) is 133. The molecule has 92 heavy (non-hydrogen) atoms. The lowest BCUT2D eigenvalue weighted by molar-refractivity contribution is -0.140. The summed E-state index contributed by atoms with van der Waals surface area (Å²) in [6.45, 7) is 3.94. The van der Waals surface area contributed by atoms with Crippen molar-refractivity contribution >= 4 is 70.5 Å². The van der Waals surface area contributed by atoms with Gasteiger partial charge in [0.2, 0.25) is 29.5 Å². The van der Waals surface area contributed by atoms with Crippen LogP contribution in [0.2, 0.25) is 0 Å². The first-order valence-electron chi connectivity index (χ1n) is 32.2. The molecule has 0 spiro atoms. The molecular formula is C65H94F2N12O13. The Hall–Kier alpha value is -7.75. The number of benzene rings is 2. The number of hydrogen-bond acceptors (Lipinski definition) is 16. The standard InChI is InChI=1S/C65H94F2N12O13/c1-47-15-17-48(18-16-47)10-8-13-56(80)70-24-7-5-12-55(73-57(81)42-74-29-31-75(43-60(84)85)33-35-77(45-62(88)89)36-34-76(32-30-74)44-61(86)87)64(91)71-25-6-3-4-14-58(82)78-27-22-49(23-28-78)11-9-37-92-51-19-20-54-53(38-51)52(21-26-69-54)63(90)72-41-59(83)79-46-65(66,67)39-50(79)40-68-2/h15-21,26,38,40,49-50,55H,3-14,22-25,27-37,39,41-46H2,1-2H3,(H,70,80)(H,71,91)(H,72,90)(H,73,81)(H,84,85)(H,86,87)(H,88,89)/b68-40+/t50-,55+/m1/s1. The second kappa shape index (κ2) is 38.3. The molecule has 4 heterocycles. The molecule has 0 radical (unpaired) electrons. The highest BCUT2D eigenvalue weighted by Gasteiger charge is 2.46. The third-order valence-corrected chi connectivity index (χ3v) is 16.9. The molecule has 3 aromatic rings. The number of aryl methyl sites for hydroxylation is 2. The number of carboxylic acids is 3. The molecule has 3 aliphatic heterocycles. The number of aromatic nitrogens is 1. The van der Waals surface area contributed by atoms with Crippen molar-refractivity contribution in [3.8, 4) is 5.75 Å². The number of piperidine rings is 1. The Balaban J connectivity index is 0.920. The fourth-order valence-corrected chi connectivity index (χ4v) is 11.8. The van der Waals surface area contributed by atoms with E-state index in [1.54, 1.807) is 37.8 Å². The highest BCUT2D eigenvalue weighted by atomic mass is 19.3. The lowest BCUT2D eigenvalue weighted by atomic mass is 9.92. The Kier molecular flexibility index (Phi) is 30.5. The number of carbonyl (C=O) groups excluding carboxylic acids is 6. The molecule has 0 bridgehead atoms. The molecule has 3 fully saturated rings. The van der Waals surface area contributed by atoms with Crippen molar-refractivity contribution < 1.29 is 72.0 Å². The van der Waals surface area contributed by atoms with Crippen LogP contribution in [0.25, 0.3) is 10.9 Å². The maximum atomic E-state index is 14.1. The monoisotopic (exact) mass is 1290 g/mol. The van der Waals surface area contributed by atoms with Crippen molar-refractivity contribution in [3.63, 3.8) is 0 Å². The van der Waals surface area contributed by atoms with Crippen LogP contribution in [-0.2, 0) is 44.8 Å². The van der Waals surface area contributed by atoms with E-state index in [2.05, 4.69) is 43.4 Å². The van der Waals surface area contributed by atoms with E-state index < -0.39 is 73.1 Å². The van der Waals surface area contributed by atoms with E-state index in [0.717, 1.165) is 42.6 Å². The Morgan fingerprint density at radius 1 is 0.685 bits per heavy atom. The first-order valence-corrected chi connectivity index (χ1v) is 32.2. The molecule has 3 aliphatic rings. The SMILES string of the molecule is C/N=C/[C@H]1CC(F)(F)CN1C(=O)CNC(=O)c1ccnc2ccc(OCCCC3CCN(C(=O)CCCCCNC(=O)[C@H](CCCCNC(=O)CCCc4ccc(C)cc4)NC(=O)CN4CCN(CC(=O)O)CCN(CC(=O)O)CCN(CC(=O)O)CC4)CC3)cc12. The van der Waals surface area contributed by atoms with Gasteiger partial charge in [-0.3, -0.25) is 72.7 Å². The minimum atomic E-state index is -3.05. The van der Waals surface area contributed by atoms with E-state index >= 15 is 0 Å². The van der Waals surface area contributed by atoms with Gasteiger partial charge in [-0.15, -0.1) is 0 Å². The van der Waals surface area contributed by atoms with E-state index in [4.69, 9.17) is 4.74 Å². The number of aliphatic carboxylic acids is 3. The number of fused-ring (bicyclic) bond motifs is 1. The summed E-state index contributed by atoms with van der Waals surface area (Å²) < 4.78 is 34.4. The molecular weight excluding hydrogens is 1190 g/mol. The van der Waals surface area contributed by atoms with E-state index in [-0.39, 0.29) is 108 Å². The van der Waals surface area contributed by atoms with Gasteiger partial charge in [0.05, 0.1) is 63.0 Å². The van der Waals surface area contributed by atoms with Crippen molar-refractivity contribution in [2.24, 2.45) is 10.9 Å². The van der Waals surface area contributed by atoms with Crippen molar-refractivity contribution in [1.82, 2.24) is 55.7 Å². The second-order valence-electron chi connectivity index (χ2n) is 24.3. The molecule has 7 N–H and O–H groups in total. The van der Waals surface area contributed by atoms with Gasteiger partial charge in [-0.25, -0.2) is 8.78 Å². The number of nitrogens with one attached hydrogen (secondary N) is 4. The molecule has 1 aromatic heterocycles. The number of aliphatic imine (C=N–C) groups is 1. The fourth-order valence-electron chi connectivity index (χ4n) is 11.8. The summed E-state index contributed by atoms with van der Waals surface area (Å²) in [7, 11) is 1.45. The normalized spacial score (nSPS) is 17.8. The average molecular weight is 1290 g/mol. The van der Waals surface area contributed by atoms with Crippen LogP contribution in [0.15, 0.2) is 59.7 Å². The maximum Gasteiger partial charge on any atom is 0.317 e. The van der Waals surface area contributed by atoms with Gasteiger partial charge in [0.15, 0.2) is 0 Å². The summed E-state index contributed by atoms with van der Waals surface area (Å²) in [6.07, 6.45) is 11.1. The molecule has 0 saturated carbocycles. The van der Waals surface area contributed by atoms with Gasteiger partial charge in [0.25, 0.3) is 11.8 Å². The predicted molar refractivity (Wildman–Crippen MR) is 341 cm³/mol. The first kappa shape index (κ1) is 73.3. The number of unbranched alkanes of at least 4 members (excludes halogenated alkanes) is 3. The van der Waals surface area contributed by atoms with Crippen LogP contribution >= 0.6 is 0 Å². The highest BCUT2D eigenvalue weighted by Crippen LogP contribution is 2.32. The number of hydrogen-bond donors (Lipinski definition) is 7. The van der Waals surface area contributed by atoms with E-state index in [0.29, 0.717) is 107 Å². The number of halogens is 2. The third-order valence-electron chi connectivity index (χ3n) is 16.9. The number of rotatable bonds is 34. The highest BCUT2D eigenvalue weighted by molar-refractivity contribution is 6.07. The summed E-state index contributed by atoms with van der Waals surface area (Å²) in [6, 6.07) is 13.2. The molecule has 27 heteroatoms. The van der Waals surface area contributed by atoms with Gasteiger partial charge in [-0.05, 0) is 113 Å². The quantitative estimate of drug-likeness (QED) is 0.0332. The summed E-state index contributed by atoms with van der Waals surface area (Å²) in [5, 5.41) is 40.8. The summed E-state index contributed by atoms with van der Waals surface area (Å²) in [5.74, 6) is -7.32. The van der Waals surface area contributed by atoms with Gasteiger partial charge in [0.1, 0.15) is 11.8 Å². The van der Waals surface area contributed by atoms with E-state index in [9.17, 15) is 67.3 Å². The predicted octanol–water partition coefficient (Wildman–Crippen LogP) is 3.55. The molecule has 6 amide bonds. The molecule has 3 saturated heterocycles. The van der Waals surface area contributed by atoms with Gasteiger partial charge in [-0.1, -0.05) is 36.2 Å². The van der Waals surface area contributed by atoms with E-state index in [1.807, 2.05) is 24.0 Å². The number of carbonyl (C=O) groups is 9. The number of alkyl halides is 2. The first-order chi connectivity index (χ1) is 44.1. The van der Waals surface area contributed by atoms with Gasteiger partial charge in [-0.2, -0.15) is 0 Å². The van der Waals surface area contributed by atoms with Crippen LogP contribution in [-0.4, -0.2) is 259 Å². The molecule has 506 valence electrons. The lowest BCUT2D eigenvalue weighted by Gasteiger charge is -2.33. The minimum absolute atomic E-state index is 0.0668. The maximum absolute atomic E-state index is 14.1. The largest absolute Gasteiger partial charge is 0.494 e. The number of ether oxygens (including phenoxy) is 1. The summed E-state index contributed by atoms with van der Waals surface area (Å²) >= 11 is 0. The molecule has 0 aliphatic carbocycles. The minimum Gasteiger partial charge on any atom is -0.494 e. The number of carboxylic acid groups (broad SMARTS) is 3. The lowest BCUT2D eigenvalue weighted by Crippen LogP contribution is -2.52. The van der Waals surface area contributed by atoms with Crippen LogP contribution in [0.4, 0.5) is 8.78 Å². The van der Waals surface area contributed by atoms with Crippen molar-refractivity contribution in [2.45, 2.75) is 121 Å². The number of nitrogens with zero attached hydrogens (tertiary/aromatic N) is 8. The molecule has 0 unspecified atom stereocenters. The smallest absolute Gasteiger partial charge is 0.317 e. The Morgan fingerprint density at radius 3 is 1.91 bits per heavy atom. The van der Waals surface area contributed by atoms with Crippen LogP contribution < -0.4 is 26.0 Å². The Bertz CT molecular complexity index is 2920. The van der Waals surface area contributed by atoms with Crippen molar-refractivity contribution in [3.05, 3.63) is 71.4 Å². The van der Waals surface area contributed by atoms with Crippen LogP contribution in [0.5, 0.6) is 5.75 Å². The average Bonchev–Trinajstić information content (AvgIpc) is 1.23. The van der Waals surface area contributed by atoms with Gasteiger partial charge in [0, 0.05) is 123 Å². The molecule has 6 rings (SSSR count). The van der Waals surface area contributed by atoms with Crippen LogP contribution in [0.1, 0.15) is 111 Å². The van der Waals surface area contributed by atoms with E-state index in [1.165, 1.54) is 31.1 Å². The second-order valence-corrected chi connectivity index (χ2v) is 24.3. The molecule has 2 aromatic carbocycles. The topological polar surface area (TPSA) is 316 Å². The fraction of sp³-hybridized carbons (Fsp3) is 0.615. The third kappa shape index (κ3) is 26.5. The molecule has 25 nitrogen and oxygen atoms in total. The molecule has 2 atom stereocenters. The van der Waals surface area contributed by atoms with Crippen molar-refractivity contribution in [2.75, 3.05) is 131 Å². The van der Waals surface area contributed by atoms with Gasteiger partial charge >= 0.3 is 17.9 Å². The Morgan fingerprint density at radius 2 is 1.29 bits per heavy atom. The summed E-state index contributed by atoms with van der Waals surface area (Å²) in [5.41, 5.74) is 3.13. The van der Waals surface area contributed by atoms with Crippen LogP contribution in [0, 0.1) is 12.8 Å². The number of amides is 6. The zero-order valence-electron chi connectivity index (χ0n) is 53.3. The van der Waals surface area contributed by atoms with Crippen molar-refractivity contribution in [1.29, 1.82) is 0 Å². The zero-order chi connectivity index (χ0) is 66.4. The van der Waals surface area contributed by atoms with Gasteiger partial charge < -0.3 is 51.1 Å².